The fourth-order valence-electron chi connectivity index (χ4n) is 2.38. The average Bonchev–Trinajstić information content (AvgIpc) is 2.79. The molecule has 1 heterocycles. The molecule has 1 aromatic rings. The van der Waals surface area contributed by atoms with Crippen molar-refractivity contribution in [2.45, 2.75) is 45.8 Å². The molecular formula is C16H23FN2O2. The number of nitrogens with one attached hydrogen (secondary N) is 1. The first kappa shape index (κ1) is 15.6. The molecule has 0 aromatic heterocycles. The second-order valence-corrected chi connectivity index (χ2v) is 6.52. The Hall–Kier alpha value is -1.78. The molecular weight excluding hydrogens is 271 g/mol. The van der Waals surface area contributed by atoms with E-state index in [9.17, 15) is 9.18 Å². The number of rotatable bonds is 2. The zero-order valence-corrected chi connectivity index (χ0v) is 13.1. The van der Waals surface area contributed by atoms with Crippen LogP contribution in [0.15, 0.2) is 18.2 Å². The number of amides is 1. The largest absolute Gasteiger partial charge is 0.444 e. The van der Waals surface area contributed by atoms with E-state index in [0.29, 0.717) is 13.1 Å². The molecule has 1 N–H and O–H groups in total. The van der Waals surface area contributed by atoms with Crippen LogP contribution in [0, 0.1) is 12.7 Å². The molecule has 21 heavy (non-hydrogen) atoms. The van der Waals surface area contributed by atoms with Gasteiger partial charge in [-0.2, -0.15) is 0 Å². The van der Waals surface area contributed by atoms with Crippen LogP contribution in [0.2, 0.25) is 0 Å². The van der Waals surface area contributed by atoms with Crippen molar-refractivity contribution in [3.05, 3.63) is 29.6 Å². The molecule has 0 bridgehead atoms. The Morgan fingerprint density at radius 1 is 1.43 bits per heavy atom. The number of anilines is 1. The van der Waals surface area contributed by atoms with E-state index in [0.717, 1.165) is 17.7 Å². The van der Waals surface area contributed by atoms with E-state index in [2.05, 4.69) is 5.32 Å². The zero-order valence-electron chi connectivity index (χ0n) is 13.1. The topological polar surface area (TPSA) is 41.6 Å². The summed E-state index contributed by atoms with van der Waals surface area (Å²) in [6.07, 6.45) is 0.582. The number of carbonyl (C=O) groups is 1. The molecule has 0 radical (unpaired) electrons. The lowest BCUT2D eigenvalue weighted by Crippen LogP contribution is -2.36. The number of likely N-dealkylation sites (tertiary alicyclic amines) is 1. The van der Waals surface area contributed by atoms with Crippen molar-refractivity contribution in [1.82, 2.24) is 4.90 Å². The maximum atomic E-state index is 13.1. The Bertz CT molecular complexity index is 525. The quantitative estimate of drug-likeness (QED) is 0.907. The van der Waals surface area contributed by atoms with Crippen molar-refractivity contribution in [1.29, 1.82) is 0 Å². The molecule has 0 spiro atoms. The number of hydrogen-bond acceptors (Lipinski definition) is 3. The molecule has 1 atom stereocenters. The highest BCUT2D eigenvalue weighted by molar-refractivity contribution is 5.68. The second kappa shape index (κ2) is 5.92. The summed E-state index contributed by atoms with van der Waals surface area (Å²) in [4.78, 5) is 13.7. The van der Waals surface area contributed by atoms with E-state index in [1.165, 1.54) is 12.1 Å². The first-order valence-electron chi connectivity index (χ1n) is 7.25. The molecule has 1 saturated heterocycles. The van der Waals surface area contributed by atoms with E-state index in [1.807, 2.05) is 27.7 Å². The predicted octanol–water partition coefficient (Wildman–Crippen LogP) is 3.56. The van der Waals surface area contributed by atoms with Crippen LogP contribution in [0.25, 0.3) is 0 Å². The van der Waals surface area contributed by atoms with Gasteiger partial charge < -0.3 is 15.0 Å². The fraction of sp³-hybridized carbons (Fsp3) is 0.562. The first-order chi connectivity index (χ1) is 9.74. The van der Waals surface area contributed by atoms with Gasteiger partial charge in [-0.15, -0.1) is 0 Å². The summed E-state index contributed by atoms with van der Waals surface area (Å²) in [5.74, 6) is -0.236. The summed E-state index contributed by atoms with van der Waals surface area (Å²) in [6, 6.07) is 4.85. The van der Waals surface area contributed by atoms with Gasteiger partial charge in [-0.05, 0) is 57.9 Å². The average molecular weight is 294 g/mol. The minimum absolute atomic E-state index is 0.168. The lowest BCUT2D eigenvalue weighted by molar-refractivity contribution is 0.0293. The third-order valence-corrected chi connectivity index (χ3v) is 3.39. The summed E-state index contributed by atoms with van der Waals surface area (Å²) in [5.41, 5.74) is 1.30. The lowest BCUT2D eigenvalue weighted by Gasteiger charge is -2.24. The number of aryl methyl sites for hydroxylation is 1. The van der Waals surface area contributed by atoms with E-state index in [1.54, 1.807) is 11.0 Å². The third-order valence-electron chi connectivity index (χ3n) is 3.39. The van der Waals surface area contributed by atoms with Crippen LogP contribution in [-0.4, -0.2) is 35.7 Å². The van der Waals surface area contributed by atoms with Gasteiger partial charge >= 0.3 is 6.09 Å². The Morgan fingerprint density at radius 2 is 2.14 bits per heavy atom. The van der Waals surface area contributed by atoms with Crippen molar-refractivity contribution in [2.75, 3.05) is 18.4 Å². The van der Waals surface area contributed by atoms with Crippen molar-refractivity contribution in [3.8, 4) is 0 Å². The number of ether oxygens (including phenoxy) is 1. The number of halogens is 1. The fourth-order valence-corrected chi connectivity index (χ4v) is 2.38. The molecule has 0 saturated carbocycles. The van der Waals surface area contributed by atoms with Gasteiger partial charge in [0.05, 0.1) is 0 Å². The monoisotopic (exact) mass is 294 g/mol. The highest BCUT2D eigenvalue weighted by Gasteiger charge is 2.29. The van der Waals surface area contributed by atoms with Crippen molar-refractivity contribution >= 4 is 11.8 Å². The molecule has 5 heteroatoms. The molecule has 2 rings (SSSR count). The van der Waals surface area contributed by atoms with Crippen LogP contribution >= 0.6 is 0 Å². The van der Waals surface area contributed by atoms with Gasteiger partial charge in [0.1, 0.15) is 11.4 Å². The van der Waals surface area contributed by atoms with Crippen molar-refractivity contribution < 1.29 is 13.9 Å². The Morgan fingerprint density at radius 3 is 2.76 bits per heavy atom. The SMILES string of the molecule is Cc1cc(F)ccc1NC1CCN(C(=O)OC(C)(C)C)C1. The number of hydrogen-bond donors (Lipinski definition) is 1. The summed E-state index contributed by atoms with van der Waals surface area (Å²) in [5, 5.41) is 3.37. The molecule has 1 amide bonds. The molecule has 1 fully saturated rings. The minimum atomic E-state index is -0.476. The molecule has 1 unspecified atom stereocenters. The normalized spacial score (nSPS) is 18.7. The van der Waals surface area contributed by atoms with E-state index >= 15 is 0 Å². The van der Waals surface area contributed by atoms with Crippen LogP contribution in [0.3, 0.4) is 0 Å². The van der Waals surface area contributed by atoms with Gasteiger partial charge in [0.25, 0.3) is 0 Å². The highest BCUT2D eigenvalue weighted by atomic mass is 19.1. The van der Waals surface area contributed by atoms with E-state index < -0.39 is 5.60 Å². The minimum Gasteiger partial charge on any atom is -0.444 e. The van der Waals surface area contributed by atoms with E-state index in [-0.39, 0.29) is 18.0 Å². The molecule has 0 aliphatic carbocycles. The molecule has 4 nitrogen and oxygen atoms in total. The second-order valence-electron chi connectivity index (χ2n) is 6.52. The number of benzene rings is 1. The third kappa shape index (κ3) is 4.34. The first-order valence-corrected chi connectivity index (χ1v) is 7.25. The van der Waals surface area contributed by atoms with Crippen LogP contribution in [0.5, 0.6) is 0 Å². The zero-order chi connectivity index (χ0) is 15.6. The van der Waals surface area contributed by atoms with Crippen molar-refractivity contribution in [2.24, 2.45) is 0 Å². The maximum Gasteiger partial charge on any atom is 0.410 e. The van der Waals surface area contributed by atoms with Gasteiger partial charge in [0.15, 0.2) is 0 Å². The van der Waals surface area contributed by atoms with Crippen LogP contribution in [-0.2, 0) is 4.74 Å². The van der Waals surface area contributed by atoms with E-state index in [4.69, 9.17) is 4.74 Å². The predicted molar refractivity (Wildman–Crippen MR) is 81.0 cm³/mol. The smallest absolute Gasteiger partial charge is 0.410 e. The Labute approximate surface area is 125 Å². The molecule has 1 aliphatic heterocycles. The van der Waals surface area contributed by atoms with Crippen molar-refractivity contribution in [3.63, 3.8) is 0 Å². The molecule has 116 valence electrons. The molecule has 1 aromatic carbocycles. The van der Waals surface area contributed by atoms with Crippen LogP contribution in [0.1, 0.15) is 32.8 Å². The van der Waals surface area contributed by atoms with Gasteiger partial charge in [-0.25, -0.2) is 9.18 Å². The van der Waals surface area contributed by atoms with Gasteiger partial charge in [-0.3, -0.25) is 0 Å². The number of carbonyl (C=O) groups excluding carboxylic acids is 1. The summed E-state index contributed by atoms with van der Waals surface area (Å²) < 4.78 is 18.5. The lowest BCUT2D eigenvalue weighted by atomic mass is 10.1. The van der Waals surface area contributed by atoms with Gasteiger partial charge in [0, 0.05) is 24.8 Å². The van der Waals surface area contributed by atoms with Crippen LogP contribution in [0.4, 0.5) is 14.9 Å². The van der Waals surface area contributed by atoms with Crippen LogP contribution < -0.4 is 5.32 Å². The Balaban J connectivity index is 1.92. The molecule has 1 aliphatic rings. The Kier molecular flexibility index (Phi) is 4.40. The summed E-state index contributed by atoms with van der Waals surface area (Å²) in [7, 11) is 0. The summed E-state index contributed by atoms with van der Waals surface area (Å²) in [6.45, 7) is 8.72. The highest BCUT2D eigenvalue weighted by Crippen LogP contribution is 2.21. The van der Waals surface area contributed by atoms with Gasteiger partial charge in [0.2, 0.25) is 0 Å². The standard InChI is InChI=1S/C16H23FN2O2/c1-11-9-12(17)5-6-14(11)18-13-7-8-19(10-13)15(20)21-16(2,3)4/h5-6,9,13,18H,7-8,10H2,1-4H3. The maximum absolute atomic E-state index is 13.1. The number of nitrogens with zero attached hydrogens (tertiary/aromatic N) is 1. The summed E-state index contributed by atoms with van der Waals surface area (Å²) >= 11 is 0. The van der Waals surface area contributed by atoms with Gasteiger partial charge in [-0.1, -0.05) is 0 Å².